The highest BCUT2D eigenvalue weighted by atomic mass is 31.2. The van der Waals surface area contributed by atoms with Crippen molar-refractivity contribution in [1.29, 1.82) is 0 Å². The normalized spacial score (nSPS) is 13.6. The highest BCUT2D eigenvalue weighted by Gasteiger charge is 2.22. The summed E-state index contributed by atoms with van der Waals surface area (Å²) in [6, 6.07) is 0. The van der Waals surface area contributed by atoms with E-state index in [0.717, 1.165) is 96.3 Å². The predicted molar refractivity (Wildman–Crippen MR) is 226 cm³/mol. The Morgan fingerprint density at radius 2 is 0.909 bits per heavy atom. The Morgan fingerprint density at radius 1 is 0.509 bits per heavy atom. The second-order valence-corrected chi connectivity index (χ2v) is 14.2. The molecule has 0 saturated carbocycles. The van der Waals surface area contributed by atoms with Gasteiger partial charge in [-0.25, -0.2) is 4.57 Å². The van der Waals surface area contributed by atoms with Crippen molar-refractivity contribution < 1.29 is 43.0 Å². The van der Waals surface area contributed by atoms with E-state index in [2.05, 4.69) is 109 Å². The van der Waals surface area contributed by atoms with Gasteiger partial charge in [0.15, 0.2) is 6.10 Å². The standard InChI is InChI=1S/C45H71O9P/c1-2-3-4-5-6-7-8-9-10-11-12-14-18-21-24-27-30-33-36-39-45(48)54-43(42-53-55(49,50)51)41-52-44(47)38-35-32-29-26-23-20-17-15-13-16-19-22-25-28-31-34-37-40-46/h3-4,6-7,9-10,12-14,16-17,20-22,24-26,29,43,46H,2,5,8,11,15,18-19,23,27-28,30-42H2,1H3,(H2,49,50,51)/b4-3-,7-6-,10-9-,14-12-,16-13-,20-17-,24-21-,25-22-,29-26-/t43-/m1/s1. The Balaban J connectivity index is 4.13. The van der Waals surface area contributed by atoms with E-state index in [1.54, 1.807) is 0 Å². The van der Waals surface area contributed by atoms with Crippen LogP contribution in [0.4, 0.5) is 0 Å². The van der Waals surface area contributed by atoms with Crippen LogP contribution in [0.15, 0.2) is 109 Å². The number of hydrogen-bond donors (Lipinski definition) is 3. The molecular weight excluding hydrogens is 715 g/mol. The molecule has 9 nitrogen and oxygen atoms in total. The minimum absolute atomic E-state index is 0.148. The van der Waals surface area contributed by atoms with Gasteiger partial charge in [-0.15, -0.1) is 0 Å². The third-order valence-corrected chi connectivity index (χ3v) is 8.32. The molecule has 0 spiro atoms. The van der Waals surface area contributed by atoms with Crippen molar-refractivity contribution >= 4 is 19.8 Å². The summed E-state index contributed by atoms with van der Waals surface area (Å²) in [4.78, 5) is 42.8. The third kappa shape index (κ3) is 43.3. The number of rotatable bonds is 36. The van der Waals surface area contributed by atoms with Gasteiger partial charge in [-0.2, -0.15) is 0 Å². The first-order valence-electron chi connectivity index (χ1n) is 20.3. The van der Waals surface area contributed by atoms with Crippen molar-refractivity contribution in [3.63, 3.8) is 0 Å². The summed E-state index contributed by atoms with van der Waals surface area (Å²) in [7, 11) is -4.79. The molecule has 0 aromatic heterocycles. The zero-order valence-electron chi connectivity index (χ0n) is 33.5. The van der Waals surface area contributed by atoms with Gasteiger partial charge in [-0.05, 0) is 103 Å². The number of carbonyl (C=O) groups excluding carboxylic acids is 2. The van der Waals surface area contributed by atoms with Gasteiger partial charge in [0.25, 0.3) is 0 Å². The monoisotopic (exact) mass is 786 g/mol. The van der Waals surface area contributed by atoms with Gasteiger partial charge < -0.3 is 24.4 Å². The number of phosphoric ester groups is 1. The van der Waals surface area contributed by atoms with Crippen molar-refractivity contribution in [2.45, 2.75) is 141 Å². The number of ether oxygens (including phenoxy) is 2. The number of aliphatic hydroxyl groups excluding tert-OH is 1. The quantitative estimate of drug-likeness (QED) is 0.0245. The molecule has 0 aliphatic heterocycles. The van der Waals surface area contributed by atoms with Crippen LogP contribution < -0.4 is 0 Å². The maximum Gasteiger partial charge on any atom is 0.469 e. The van der Waals surface area contributed by atoms with Crippen molar-refractivity contribution in [1.82, 2.24) is 0 Å². The third-order valence-electron chi connectivity index (χ3n) is 7.83. The molecule has 0 fully saturated rings. The highest BCUT2D eigenvalue weighted by molar-refractivity contribution is 7.46. The molecule has 0 unspecified atom stereocenters. The first-order chi connectivity index (χ1) is 26.8. The van der Waals surface area contributed by atoms with E-state index >= 15 is 0 Å². The molecule has 0 aromatic carbocycles. The molecule has 0 bridgehead atoms. The van der Waals surface area contributed by atoms with E-state index in [-0.39, 0.29) is 26.1 Å². The molecule has 0 rings (SSSR count). The molecule has 0 aliphatic rings. The van der Waals surface area contributed by atoms with Crippen LogP contribution in [0.3, 0.4) is 0 Å². The molecular formula is C45H71O9P. The van der Waals surface area contributed by atoms with E-state index < -0.39 is 32.5 Å². The molecule has 55 heavy (non-hydrogen) atoms. The van der Waals surface area contributed by atoms with E-state index in [4.69, 9.17) is 24.4 Å². The summed E-state index contributed by atoms with van der Waals surface area (Å²) in [5, 5.41) is 8.77. The Hall–Kier alpha value is -3.33. The van der Waals surface area contributed by atoms with Crippen LogP contribution in [0.5, 0.6) is 0 Å². The number of hydrogen-bond acceptors (Lipinski definition) is 7. The van der Waals surface area contributed by atoms with Gasteiger partial charge in [0, 0.05) is 19.4 Å². The van der Waals surface area contributed by atoms with Gasteiger partial charge in [0.05, 0.1) is 6.61 Å². The molecule has 0 aliphatic carbocycles. The lowest BCUT2D eigenvalue weighted by atomic mass is 10.1. The molecule has 10 heteroatoms. The summed E-state index contributed by atoms with van der Waals surface area (Å²) in [5.74, 6) is -1.02. The van der Waals surface area contributed by atoms with Crippen LogP contribution in [-0.2, 0) is 28.2 Å². The first kappa shape index (κ1) is 51.7. The minimum Gasteiger partial charge on any atom is -0.462 e. The van der Waals surface area contributed by atoms with E-state index in [1.165, 1.54) is 0 Å². The molecule has 0 radical (unpaired) electrons. The first-order valence-corrected chi connectivity index (χ1v) is 21.8. The van der Waals surface area contributed by atoms with E-state index in [1.807, 2.05) is 12.2 Å². The predicted octanol–water partition coefficient (Wildman–Crippen LogP) is 11.4. The Morgan fingerprint density at radius 3 is 1.35 bits per heavy atom. The second-order valence-electron chi connectivity index (χ2n) is 12.9. The van der Waals surface area contributed by atoms with Crippen molar-refractivity contribution in [3.05, 3.63) is 109 Å². The zero-order chi connectivity index (χ0) is 40.3. The maximum absolute atomic E-state index is 12.4. The number of phosphoric acid groups is 1. The Labute approximate surface area is 332 Å². The number of aliphatic hydroxyl groups is 1. The maximum atomic E-state index is 12.4. The second kappa shape index (κ2) is 40.3. The average molecular weight is 787 g/mol. The largest absolute Gasteiger partial charge is 0.469 e. The van der Waals surface area contributed by atoms with Crippen molar-refractivity contribution in [2.75, 3.05) is 19.8 Å². The van der Waals surface area contributed by atoms with Crippen LogP contribution in [0.2, 0.25) is 0 Å². The number of esters is 2. The van der Waals surface area contributed by atoms with Crippen LogP contribution in [0, 0.1) is 0 Å². The fraction of sp³-hybridized carbons (Fsp3) is 0.556. The van der Waals surface area contributed by atoms with Crippen molar-refractivity contribution in [2.24, 2.45) is 0 Å². The Kier molecular flexibility index (Phi) is 37.9. The number of allylic oxidation sites excluding steroid dienone is 18. The summed E-state index contributed by atoms with van der Waals surface area (Å²) in [5.41, 5.74) is 0. The topological polar surface area (TPSA) is 140 Å². The minimum atomic E-state index is -4.79. The smallest absolute Gasteiger partial charge is 0.462 e. The summed E-state index contributed by atoms with van der Waals surface area (Å²) < 4.78 is 26.3. The van der Waals surface area contributed by atoms with Crippen LogP contribution in [0.25, 0.3) is 0 Å². The van der Waals surface area contributed by atoms with Crippen LogP contribution >= 0.6 is 7.82 Å². The van der Waals surface area contributed by atoms with Crippen LogP contribution in [0.1, 0.15) is 135 Å². The molecule has 310 valence electrons. The fourth-order valence-electron chi connectivity index (χ4n) is 4.84. The lowest BCUT2D eigenvalue weighted by Gasteiger charge is -2.18. The van der Waals surface area contributed by atoms with E-state index in [9.17, 15) is 14.2 Å². The van der Waals surface area contributed by atoms with Gasteiger partial charge in [-0.1, -0.05) is 129 Å². The molecule has 1 atom stereocenters. The Bertz CT molecular complexity index is 1250. The SMILES string of the molecule is CC/C=C\C/C=C\C/C=C\C/C=C\C/C=C\CCCCCC(=O)O[C@H](COC(=O)CCC/C=C\C/C=C\C/C=C\C/C=C\CCCCCO)COP(=O)(O)O. The fourth-order valence-corrected chi connectivity index (χ4v) is 5.20. The zero-order valence-corrected chi connectivity index (χ0v) is 34.4. The number of carbonyl (C=O) groups is 2. The molecule has 0 aromatic rings. The van der Waals surface area contributed by atoms with Gasteiger partial charge >= 0.3 is 19.8 Å². The number of unbranched alkanes of at least 4 members (excludes halogenated alkanes) is 7. The summed E-state index contributed by atoms with van der Waals surface area (Å²) >= 11 is 0. The van der Waals surface area contributed by atoms with Gasteiger partial charge in [-0.3, -0.25) is 14.1 Å². The average Bonchev–Trinajstić information content (AvgIpc) is 3.16. The van der Waals surface area contributed by atoms with Gasteiger partial charge in [0.2, 0.25) is 0 Å². The molecule has 3 N–H and O–H groups in total. The lowest BCUT2D eigenvalue weighted by Crippen LogP contribution is -2.29. The molecule has 0 amide bonds. The molecule has 0 heterocycles. The summed E-state index contributed by atoms with van der Waals surface area (Å²) in [6.45, 7) is 1.49. The molecule has 0 saturated heterocycles. The highest BCUT2D eigenvalue weighted by Crippen LogP contribution is 2.36. The summed E-state index contributed by atoms with van der Waals surface area (Å²) in [6.07, 6.45) is 54.0. The van der Waals surface area contributed by atoms with Gasteiger partial charge in [0.1, 0.15) is 6.61 Å². The lowest BCUT2D eigenvalue weighted by molar-refractivity contribution is -0.161. The van der Waals surface area contributed by atoms with E-state index in [0.29, 0.717) is 19.3 Å². The van der Waals surface area contributed by atoms with Crippen molar-refractivity contribution in [3.8, 4) is 0 Å². The van der Waals surface area contributed by atoms with Crippen LogP contribution in [-0.4, -0.2) is 52.8 Å².